The van der Waals surface area contributed by atoms with Crippen LogP contribution >= 0.6 is 0 Å². The Labute approximate surface area is 122 Å². The van der Waals surface area contributed by atoms with Gasteiger partial charge in [-0.05, 0) is 37.3 Å². The molecule has 1 aliphatic heterocycles. The van der Waals surface area contributed by atoms with Crippen LogP contribution in [0.4, 0.5) is 0 Å². The number of nitrogens with one attached hydrogen (secondary N) is 2. The van der Waals surface area contributed by atoms with Crippen molar-refractivity contribution in [1.29, 1.82) is 0 Å². The Balaban J connectivity index is 1.51. The van der Waals surface area contributed by atoms with Crippen LogP contribution in [-0.2, 0) is 11.3 Å². The first-order valence-electron chi connectivity index (χ1n) is 7.49. The summed E-state index contributed by atoms with van der Waals surface area (Å²) in [7, 11) is 0. The van der Waals surface area contributed by atoms with Crippen molar-refractivity contribution >= 4 is 11.9 Å². The average molecular weight is 292 g/mol. The van der Waals surface area contributed by atoms with Gasteiger partial charge < -0.3 is 20.2 Å². The Morgan fingerprint density at radius 3 is 2.86 bits per heavy atom. The topological polar surface area (TPSA) is 91.6 Å². The molecule has 21 heavy (non-hydrogen) atoms. The Bertz CT molecular complexity index is 526. The second-order valence-electron chi connectivity index (χ2n) is 5.89. The van der Waals surface area contributed by atoms with E-state index in [-0.39, 0.29) is 24.3 Å². The monoisotopic (exact) mass is 292 g/mol. The highest BCUT2D eigenvalue weighted by atomic mass is 16.4. The third kappa shape index (κ3) is 3.10. The predicted molar refractivity (Wildman–Crippen MR) is 74.8 cm³/mol. The summed E-state index contributed by atoms with van der Waals surface area (Å²) >= 11 is 0. The lowest BCUT2D eigenvalue weighted by molar-refractivity contribution is -0.123. The van der Waals surface area contributed by atoms with Crippen LogP contribution < -0.4 is 10.6 Å². The molecule has 0 radical (unpaired) electrons. The van der Waals surface area contributed by atoms with Crippen LogP contribution in [0.15, 0.2) is 16.5 Å². The number of rotatable bonds is 4. The van der Waals surface area contributed by atoms with Crippen LogP contribution in [0.3, 0.4) is 0 Å². The number of carbonyl (C=O) groups excluding carboxylic acids is 1. The van der Waals surface area contributed by atoms with E-state index in [9.17, 15) is 9.59 Å². The van der Waals surface area contributed by atoms with Gasteiger partial charge in [-0.15, -0.1) is 0 Å². The van der Waals surface area contributed by atoms with E-state index in [0.717, 1.165) is 12.8 Å². The molecule has 0 bridgehead atoms. The summed E-state index contributed by atoms with van der Waals surface area (Å²) < 4.78 is 5.12. The highest BCUT2D eigenvalue weighted by Crippen LogP contribution is 2.33. The number of aromatic carboxylic acids is 1. The van der Waals surface area contributed by atoms with Crippen molar-refractivity contribution in [3.05, 3.63) is 23.7 Å². The Morgan fingerprint density at radius 2 is 2.14 bits per heavy atom. The molecule has 6 nitrogen and oxygen atoms in total. The van der Waals surface area contributed by atoms with Gasteiger partial charge in [0, 0.05) is 6.04 Å². The highest BCUT2D eigenvalue weighted by Gasteiger charge is 2.38. The van der Waals surface area contributed by atoms with E-state index in [2.05, 4.69) is 10.6 Å². The van der Waals surface area contributed by atoms with Gasteiger partial charge in [-0.1, -0.05) is 12.8 Å². The standard InChI is InChI=1S/C15H20N2O4/c18-14(12-7-9-3-1-2-4-11(9)17-12)16-8-10-5-6-13(21-10)15(19)20/h5-6,9,11-12,17H,1-4,7-8H2,(H,16,18)(H,19,20). The molecule has 0 spiro atoms. The van der Waals surface area contributed by atoms with E-state index in [4.69, 9.17) is 9.52 Å². The van der Waals surface area contributed by atoms with Crippen molar-refractivity contribution in [1.82, 2.24) is 10.6 Å². The normalized spacial score (nSPS) is 28.1. The third-order valence-electron chi connectivity index (χ3n) is 4.49. The minimum atomic E-state index is -1.10. The first-order valence-corrected chi connectivity index (χ1v) is 7.49. The van der Waals surface area contributed by atoms with Crippen LogP contribution in [0.2, 0.25) is 0 Å². The van der Waals surface area contributed by atoms with Crippen molar-refractivity contribution in [2.45, 2.75) is 50.7 Å². The summed E-state index contributed by atoms with van der Waals surface area (Å²) in [5.74, 6) is -0.163. The molecule has 3 N–H and O–H groups in total. The predicted octanol–water partition coefficient (Wildman–Crippen LogP) is 1.51. The van der Waals surface area contributed by atoms with Crippen LogP contribution in [-0.4, -0.2) is 29.1 Å². The van der Waals surface area contributed by atoms with Crippen LogP contribution in [0.25, 0.3) is 0 Å². The van der Waals surface area contributed by atoms with E-state index < -0.39 is 5.97 Å². The third-order valence-corrected chi connectivity index (χ3v) is 4.49. The molecular formula is C15H20N2O4. The van der Waals surface area contributed by atoms with E-state index in [0.29, 0.717) is 17.7 Å². The zero-order valence-electron chi connectivity index (χ0n) is 11.8. The molecule has 1 aliphatic carbocycles. The number of carbonyl (C=O) groups is 2. The molecule has 114 valence electrons. The van der Waals surface area contributed by atoms with Crippen molar-refractivity contribution in [2.75, 3.05) is 0 Å². The second-order valence-corrected chi connectivity index (χ2v) is 5.89. The van der Waals surface area contributed by atoms with E-state index >= 15 is 0 Å². The smallest absolute Gasteiger partial charge is 0.371 e. The SMILES string of the molecule is O=C(O)c1ccc(CNC(=O)C2CC3CCCCC3N2)o1. The Kier molecular flexibility index (Phi) is 3.96. The average Bonchev–Trinajstić information content (AvgIpc) is 3.11. The van der Waals surface area contributed by atoms with E-state index in [1.54, 1.807) is 6.07 Å². The maximum atomic E-state index is 12.2. The number of amides is 1. The van der Waals surface area contributed by atoms with Gasteiger partial charge in [0.15, 0.2) is 0 Å². The van der Waals surface area contributed by atoms with Crippen molar-refractivity contribution < 1.29 is 19.1 Å². The van der Waals surface area contributed by atoms with Gasteiger partial charge in [0.05, 0.1) is 12.6 Å². The molecule has 2 heterocycles. The maximum absolute atomic E-state index is 12.2. The molecule has 2 aliphatic rings. The van der Waals surface area contributed by atoms with Crippen LogP contribution in [0.5, 0.6) is 0 Å². The number of hydrogen-bond donors (Lipinski definition) is 3. The highest BCUT2D eigenvalue weighted by molar-refractivity contribution is 5.84. The van der Waals surface area contributed by atoms with Gasteiger partial charge in [0.25, 0.3) is 0 Å². The summed E-state index contributed by atoms with van der Waals surface area (Å²) in [6, 6.07) is 3.32. The molecule has 1 aromatic rings. The lowest BCUT2D eigenvalue weighted by Crippen LogP contribution is -2.42. The lowest BCUT2D eigenvalue weighted by atomic mass is 9.85. The van der Waals surface area contributed by atoms with Crippen LogP contribution in [0.1, 0.15) is 48.4 Å². The number of carboxylic acids is 1. The largest absolute Gasteiger partial charge is 0.475 e. The molecule has 2 fully saturated rings. The fourth-order valence-electron chi connectivity index (χ4n) is 3.41. The molecule has 1 saturated carbocycles. The zero-order valence-corrected chi connectivity index (χ0v) is 11.8. The minimum Gasteiger partial charge on any atom is -0.475 e. The second kappa shape index (κ2) is 5.89. The maximum Gasteiger partial charge on any atom is 0.371 e. The van der Waals surface area contributed by atoms with Gasteiger partial charge in [0.2, 0.25) is 11.7 Å². The molecule has 1 aromatic heterocycles. The minimum absolute atomic E-state index is 0.0299. The summed E-state index contributed by atoms with van der Waals surface area (Å²) in [5.41, 5.74) is 0. The molecule has 3 unspecified atom stereocenters. The number of fused-ring (bicyclic) bond motifs is 1. The molecular weight excluding hydrogens is 272 g/mol. The summed E-state index contributed by atoms with van der Waals surface area (Å²) in [6.07, 6.45) is 5.78. The first kappa shape index (κ1) is 14.1. The zero-order chi connectivity index (χ0) is 14.8. The molecule has 3 rings (SSSR count). The molecule has 6 heteroatoms. The number of hydrogen-bond acceptors (Lipinski definition) is 4. The van der Waals surface area contributed by atoms with E-state index in [1.807, 2.05) is 0 Å². The van der Waals surface area contributed by atoms with Gasteiger partial charge in [0.1, 0.15) is 5.76 Å². The van der Waals surface area contributed by atoms with Crippen molar-refractivity contribution in [2.24, 2.45) is 5.92 Å². The van der Waals surface area contributed by atoms with Gasteiger partial charge >= 0.3 is 5.97 Å². The summed E-state index contributed by atoms with van der Waals surface area (Å²) in [6.45, 7) is 0.222. The first-order chi connectivity index (χ1) is 10.1. The molecule has 0 aromatic carbocycles. The van der Waals surface area contributed by atoms with Crippen molar-refractivity contribution in [3.63, 3.8) is 0 Å². The van der Waals surface area contributed by atoms with Gasteiger partial charge in [-0.25, -0.2) is 4.79 Å². The fourth-order valence-corrected chi connectivity index (χ4v) is 3.41. The number of carboxylic acid groups (broad SMARTS) is 1. The fraction of sp³-hybridized carbons (Fsp3) is 0.600. The molecule has 1 amide bonds. The van der Waals surface area contributed by atoms with Gasteiger partial charge in [-0.3, -0.25) is 4.79 Å². The summed E-state index contributed by atoms with van der Waals surface area (Å²) in [5, 5.41) is 15.0. The Morgan fingerprint density at radius 1 is 1.33 bits per heavy atom. The Hall–Kier alpha value is -1.82. The van der Waals surface area contributed by atoms with Crippen LogP contribution in [0, 0.1) is 5.92 Å². The van der Waals surface area contributed by atoms with Crippen molar-refractivity contribution in [3.8, 4) is 0 Å². The number of furan rings is 1. The van der Waals surface area contributed by atoms with Gasteiger partial charge in [-0.2, -0.15) is 0 Å². The molecule has 3 atom stereocenters. The quantitative estimate of drug-likeness (QED) is 0.782. The lowest BCUT2D eigenvalue weighted by Gasteiger charge is -2.24. The molecule has 1 saturated heterocycles. The van der Waals surface area contributed by atoms with E-state index in [1.165, 1.54) is 25.3 Å². The summed E-state index contributed by atoms with van der Waals surface area (Å²) in [4.78, 5) is 22.9.